The Balaban J connectivity index is 2.37. The van der Waals surface area contributed by atoms with E-state index in [1.165, 1.54) is 12.2 Å². The zero-order chi connectivity index (χ0) is 12.0. The van der Waals surface area contributed by atoms with Crippen LogP contribution in [0, 0.1) is 11.8 Å². The first-order valence-corrected chi connectivity index (χ1v) is 7.04. The highest BCUT2D eigenvalue weighted by molar-refractivity contribution is 8.13. The minimum Gasteiger partial charge on any atom is -0.384 e. The van der Waals surface area contributed by atoms with Gasteiger partial charge in [-0.05, 0) is 18.3 Å². The molecule has 0 aliphatic carbocycles. The van der Waals surface area contributed by atoms with Gasteiger partial charge in [0, 0.05) is 25.4 Å². The summed E-state index contributed by atoms with van der Waals surface area (Å²) in [4.78, 5) is 4.62. The lowest BCUT2D eigenvalue weighted by molar-refractivity contribution is 0.163. The first-order valence-electron chi connectivity index (χ1n) is 6.06. The summed E-state index contributed by atoms with van der Waals surface area (Å²) in [5, 5.41) is 4.64. The van der Waals surface area contributed by atoms with Crippen LogP contribution < -0.4 is 5.32 Å². The number of hydrogen-bond acceptors (Lipinski definition) is 3. The molecule has 1 aliphatic heterocycles. The number of methoxy groups -OCH3 is 1. The third-order valence-corrected chi connectivity index (χ3v) is 3.74. The Hall–Kier alpha value is -0.220. The molecule has 0 amide bonds. The molecule has 1 saturated heterocycles. The van der Waals surface area contributed by atoms with E-state index in [0.29, 0.717) is 17.9 Å². The smallest absolute Gasteiger partial charge is 0.156 e. The van der Waals surface area contributed by atoms with Gasteiger partial charge in [-0.2, -0.15) is 0 Å². The zero-order valence-electron chi connectivity index (χ0n) is 10.8. The quantitative estimate of drug-likeness (QED) is 0.806. The van der Waals surface area contributed by atoms with Gasteiger partial charge < -0.3 is 10.1 Å². The Morgan fingerprint density at radius 2 is 2.25 bits per heavy atom. The van der Waals surface area contributed by atoms with Gasteiger partial charge in [0.2, 0.25) is 0 Å². The molecule has 0 radical (unpaired) electrons. The molecule has 4 heteroatoms. The second kappa shape index (κ2) is 7.17. The Kier molecular flexibility index (Phi) is 6.21. The fraction of sp³-hybridized carbons (Fsp3) is 0.917. The van der Waals surface area contributed by atoms with Crippen molar-refractivity contribution in [1.82, 2.24) is 5.32 Å². The molecule has 0 aromatic carbocycles. The number of nitrogens with zero attached hydrogens (tertiary/aromatic N) is 1. The van der Waals surface area contributed by atoms with E-state index in [2.05, 4.69) is 31.1 Å². The molecule has 0 saturated carbocycles. The van der Waals surface area contributed by atoms with Gasteiger partial charge in [-0.25, -0.2) is 0 Å². The van der Waals surface area contributed by atoms with Gasteiger partial charge >= 0.3 is 0 Å². The van der Waals surface area contributed by atoms with Gasteiger partial charge in [0.05, 0.1) is 6.61 Å². The molecular formula is C12H24N2OS. The van der Waals surface area contributed by atoms with Crippen molar-refractivity contribution in [2.24, 2.45) is 16.8 Å². The second-order valence-corrected chi connectivity index (χ2v) is 5.92. The highest BCUT2D eigenvalue weighted by Crippen LogP contribution is 2.18. The summed E-state index contributed by atoms with van der Waals surface area (Å²) >= 11 is 1.84. The van der Waals surface area contributed by atoms with Crippen LogP contribution in [-0.4, -0.2) is 37.2 Å². The lowest BCUT2D eigenvalue weighted by Gasteiger charge is -2.28. The monoisotopic (exact) mass is 244 g/mol. The van der Waals surface area contributed by atoms with Gasteiger partial charge in [-0.3, -0.25) is 4.99 Å². The number of rotatable bonds is 5. The maximum absolute atomic E-state index is 5.11. The van der Waals surface area contributed by atoms with Gasteiger partial charge in [0.25, 0.3) is 0 Å². The van der Waals surface area contributed by atoms with Crippen LogP contribution in [0.1, 0.15) is 27.2 Å². The number of aliphatic imine (C=N–C) groups is 1. The largest absolute Gasteiger partial charge is 0.384 e. The molecule has 0 bridgehead atoms. The number of ether oxygens (including phenoxy) is 1. The maximum Gasteiger partial charge on any atom is 0.156 e. The molecule has 1 heterocycles. The molecule has 1 fully saturated rings. The van der Waals surface area contributed by atoms with Crippen LogP contribution in [0.15, 0.2) is 4.99 Å². The number of hydrogen-bond donors (Lipinski definition) is 1. The Bertz CT molecular complexity index is 231. The molecular weight excluding hydrogens is 220 g/mol. The van der Waals surface area contributed by atoms with E-state index in [4.69, 9.17) is 4.74 Å². The number of thioether (sulfide) groups is 1. The summed E-state index contributed by atoms with van der Waals surface area (Å²) in [7, 11) is 1.74. The van der Waals surface area contributed by atoms with Crippen molar-refractivity contribution in [1.29, 1.82) is 0 Å². The average molecular weight is 244 g/mol. The Morgan fingerprint density at radius 1 is 1.50 bits per heavy atom. The molecule has 2 unspecified atom stereocenters. The normalized spacial score (nSPS) is 25.8. The zero-order valence-corrected chi connectivity index (χ0v) is 11.6. The standard InChI is InChI=1S/C12H24N2OS/c1-9(2)11-5-6-16-12(14-11)13-7-10(3)8-15-4/h9-11H,5-8H2,1-4H3,(H,13,14). The Morgan fingerprint density at radius 3 is 2.88 bits per heavy atom. The fourth-order valence-corrected chi connectivity index (χ4v) is 2.69. The van der Waals surface area contributed by atoms with Crippen molar-refractivity contribution in [2.45, 2.75) is 33.2 Å². The summed E-state index contributed by atoms with van der Waals surface area (Å²) in [6.45, 7) is 8.33. The lowest BCUT2D eigenvalue weighted by atomic mass is 10.0. The van der Waals surface area contributed by atoms with Gasteiger partial charge in [-0.1, -0.05) is 32.5 Å². The first-order chi connectivity index (χ1) is 7.63. The first kappa shape index (κ1) is 13.8. The molecule has 94 valence electrons. The van der Waals surface area contributed by atoms with Crippen LogP contribution in [0.5, 0.6) is 0 Å². The third kappa shape index (κ3) is 4.74. The van der Waals surface area contributed by atoms with Crippen LogP contribution in [-0.2, 0) is 4.74 Å². The molecule has 2 atom stereocenters. The summed E-state index contributed by atoms with van der Waals surface area (Å²) in [5.41, 5.74) is 0. The molecule has 0 aromatic rings. The molecule has 1 rings (SSSR count). The molecule has 0 spiro atoms. The topological polar surface area (TPSA) is 33.6 Å². The Labute approximate surface area is 103 Å². The SMILES string of the molecule is COCC(C)CN=C1NC(C(C)C)CCS1. The van der Waals surface area contributed by atoms with E-state index in [9.17, 15) is 0 Å². The van der Waals surface area contributed by atoms with Crippen molar-refractivity contribution in [3.8, 4) is 0 Å². The molecule has 3 nitrogen and oxygen atoms in total. The average Bonchev–Trinajstić information content (AvgIpc) is 2.27. The number of nitrogens with one attached hydrogen (secondary N) is 1. The van der Waals surface area contributed by atoms with E-state index >= 15 is 0 Å². The van der Waals surface area contributed by atoms with E-state index in [1.807, 2.05) is 11.8 Å². The molecule has 1 aliphatic rings. The van der Waals surface area contributed by atoms with Crippen LogP contribution in [0.3, 0.4) is 0 Å². The van der Waals surface area contributed by atoms with Crippen molar-refractivity contribution >= 4 is 16.9 Å². The summed E-state index contributed by atoms with van der Waals surface area (Å²) in [6, 6.07) is 0.595. The van der Waals surface area contributed by atoms with Crippen LogP contribution >= 0.6 is 11.8 Å². The second-order valence-electron chi connectivity index (χ2n) is 4.84. The highest BCUT2D eigenvalue weighted by atomic mass is 32.2. The summed E-state index contributed by atoms with van der Waals surface area (Å²) in [5.74, 6) is 2.37. The minimum absolute atomic E-state index is 0.499. The van der Waals surface area contributed by atoms with E-state index < -0.39 is 0 Å². The van der Waals surface area contributed by atoms with E-state index in [1.54, 1.807) is 7.11 Å². The summed E-state index contributed by atoms with van der Waals surface area (Å²) < 4.78 is 5.11. The van der Waals surface area contributed by atoms with Gasteiger partial charge in [0.1, 0.15) is 0 Å². The molecule has 1 N–H and O–H groups in total. The van der Waals surface area contributed by atoms with Crippen molar-refractivity contribution in [2.75, 3.05) is 26.0 Å². The molecule has 0 aromatic heterocycles. The highest BCUT2D eigenvalue weighted by Gasteiger charge is 2.20. The lowest BCUT2D eigenvalue weighted by Crippen LogP contribution is -2.41. The maximum atomic E-state index is 5.11. The fourth-order valence-electron chi connectivity index (χ4n) is 1.72. The summed E-state index contributed by atoms with van der Waals surface area (Å²) in [6.07, 6.45) is 1.25. The van der Waals surface area contributed by atoms with Crippen molar-refractivity contribution < 1.29 is 4.74 Å². The predicted molar refractivity (Wildman–Crippen MR) is 72.2 cm³/mol. The molecule has 16 heavy (non-hydrogen) atoms. The van der Waals surface area contributed by atoms with Crippen molar-refractivity contribution in [3.63, 3.8) is 0 Å². The number of amidine groups is 1. The van der Waals surface area contributed by atoms with E-state index in [-0.39, 0.29) is 0 Å². The minimum atomic E-state index is 0.499. The van der Waals surface area contributed by atoms with Crippen LogP contribution in [0.2, 0.25) is 0 Å². The van der Waals surface area contributed by atoms with E-state index in [0.717, 1.165) is 18.3 Å². The third-order valence-electron chi connectivity index (χ3n) is 2.78. The van der Waals surface area contributed by atoms with Crippen LogP contribution in [0.4, 0.5) is 0 Å². The predicted octanol–water partition coefficient (Wildman–Crippen LogP) is 2.38. The van der Waals surface area contributed by atoms with Gasteiger partial charge in [-0.15, -0.1) is 0 Å². The van der Waals surface area contributed by atoms with Gasteiger partial charge in [0.15, 0.2) is 5.17 Å². The van der Waals surface area contributed by atoms with Crippen LogP contribution in [0.25, 0.3) is 0 Å². The van der Waals surface area contributed by atoms with Crippen molar-refractivity contribution in [3.05, 3.63) is 0 Å².